The zero-order valence-electron chi connectivity index (χ0n) is 15.2. The highest BCUT2D eigenvalue weighted by molar-refractivity contribution is 5.93. The van der Waals surface area contributed by atoms with Crippen molar-refractivity contribution in [1.82, 2.24) is 25.4 Å². The largest absolute Gasteiger partial charge is 0.356 e. The number of carbonyl (C=O) groups is 1. The molecule has 3 heterocycles. The van der Waals surface area contributed by atoms with Gasteiger partial charge in [0.05, 0.1) is 22.5 Å². The van der Waals surface area contributed by atoms with Crippen molar-refractivity contribution in [2.45, 2.75) is 13.5 Å². The summed E-state index contributed by atoms with van der Waals surface area (Å²) in [6.07, 6.45) is 6.39. The molecule has 0 aliphatic heterocycles. The predicted molar refractivity (Wildman–Crippen MR) is 103 cm³/mol. The first-order valence-electron chi connectivity index (χ1n) is 8.72. The summed E-state index contributed by atoms with van der Waals surface area (Å²) in [6.45, 7) is 2.29. The van der Waals surface area contributed by atoms with E-state index < -0.39 is 0 Å². The standard InChI is InChI=1S/C21H17N5O2/c1-14-9-19(28-26-14)18-12-23-13-25-20(18)16-6-4-15(5-7-16)10-24-21(27)17-3-2-8-22-11-17/h2-9,11-13H,10H2,1H3,(H,24,27). The molecule has 0 spiro atoms. The fraction of sp³-hybridized carbons (Fsp3) is 0.0952. The van der Waals surface area contributed by atoms with Crippen molar-refractivity contribution in [1.29, 1.82) is 0 Å². The lowest BCUT2D eigenvalue weighted by Crippen LogP contribution is -2.22. The molecule has 4 rings (SSSR count). The third-order valence-electron chi connectivity index (χ3n) is 4.21. The summed E-state index contributed by atoms with van der Waals surface area (Å²) in [5, 5.41) is 6.82. The Bertz CT molecular complexity index is 1090. The molecule has 1 aromatic carbocycles. The third-order valence-corrected chi connectivity index (χ3v) is 4.21. The van der Waals surface area contributed by atoms with E-state index in [1.165, 1.54) is 6.33 Å². The van der Waals surface area contributed by atoms with Gasteiger partial charge in [-0.25, -0.2) is 9.97 Å². The summed E-state index contributed by atoms with van der Waals surface area (Å²) in [5.41, 5.74) is 4.77. The van der Waals surface area contributed by atoms with Gasteiger partial charge in [0.25, 0.3) is 5.91 Å². The van der Waals surface area contributed by atoms with Gasteiger partial charge in [-0.05, 0) is 24.6 Å². The molecule has 0 saturated carbocycles. The Morgan fingerprint density at radius 1 is 1.11 bits per heavy atom. The molecule has 0 aliphatic carbocycles. The van der Waals surface area contributed by atoms with Gasteiger partial charge in [-0.2, -0.15) is 0 Å². The van der Waals surface area contributed by atoms with Crippen molar-refractivity contribution < 1.29 is 9.32 Å². The first-order chi connectivity index (χ1) is 13.7. The first kappa shape index (κ1) is 17.5. The molecule has 7 heteroatoms. The fourth-order valence-electron chi connectivity index (χ4n) is 2.79. The van der Waals surface area contributed by atoms with Crippen molar-refractivity contribution in [3.8, 4) is 22.6 Å². The average molecular weight is 371 g/mol. The number of amides is 1. The van der Waals surface area contributed by atoms with Crippen molar-refractivity contribution >= 4 is 5.91 Å². The van der Waals surface area contributed by atoms with Crippen LogP contribution in [-0.4, -0.2) is 26.0 Å². The highest BCUT2D eigenvalue weighted by atomic mass is 16.5. The Morgan fingerprint density at radius 3 is 2.68 bits per heavy atom. The van der Waals surface area contributed by atoms with E-state index in [9.17, 15) is 4.79 Å². The number of carbonyl (C=O) groups excluding carboxylic acids is 1. The molecule has 28 heavy (non-hydrogen) atoms. The Kier molecular flexibility index (Phi) is 4.88. The number of pyridine rings is 1. The number of rotatable bonds is 5. The van der Waals surface area contributed by atoms with Crippen LogP contribution >= 0.6 is 0 Å². The predicted octanol–water partition coefficient (Wildman–Crippen LogP) is 3.43. The van der Waals surface area contributed by atoms with E-state index in [4.69, 9.17) is 4.52 Å². The molecule has 0 atom stereocenters. The van der Waals surface area contributed by atoms with Crippen LogP contribution in [0.2, 0.25) is 0 Å². The summed E-state index contributed by atoms with van der Waals surface area (Å²) in [7, 11) is 0. The highest BCUT2D eigenvalue weighted by Gasteiger charge is 2.13. The lowest BCUT2D eigenvalue weighted by Gasteiger charge is -2.08. The second-order valence-electron chi connectivity index (χ2n) is 6.24. The van der Waals surface area contributed by atoms with Gasteiger partial charge in [0.1, 0.15) is 6.33 Å². The smallest absolute Gasteiger partial charge is 0.253 e. The quantitative estimate of drug-likeness (QED) is 0.578. The molecule has 0 bridgehead atoms. The summed E-state index contributed by atoms with van der Waals surface area (Å²) in [6, 6.07) is 13.1. The van der Waals surface area contributed by atoms with Crippen molar-refractivity contribution in [2.24, 2.45) is 0 Å². The molecule has 1 N–H and O–H groups in total. The van der Waals surface area contributed by atoms with E-state index in [-0.39, 0.29) is 5.91 Å². The number of hydrogen-bond acceptors (Lipinski definition) is 6. The van der Waals surface area contributed by atoms with E-state index in [2.05, 4.69) is 25.4 Å². The van der Waals surface area contributed by atoms with Crippen molar-refractivity contribution in [3.63, 3.8) is 0 Å². The van der Waals surface area contributed by atoms with E-state index in [1.807, 2.05) is 37.3 Å². The van der Waals surface area contributed by atoms with Crippen LogP contribution in [0.5, 0.6) is 0 Å². The molecule has 7 nitrogen and oxygen atoms in total. The molecule has 1 amide bonds. The van der Waals surface area contributed by atoms with Gasteiger partial charge in [-0.3, -0.25) is 9.78 Å². The van der Waals surface area contributed by atoms with Crippen LogP contribution < -0.4 is 5.32 Å². The summed E-state index contributed by atoms with van der Waals surface area (Å²) in [4.78, 5) is 24.6. The van der Waals surface area contributed by atoms with Crippen molar-refractivity contribution in [3.05, 3.63) is 84.2 Å². The molecule has 0 saturated heterocycles. The van der Waals surface area contributed by atoms with Gasteiger partial charge < -0.3 is 9.84 Å². The third kappa shape index (κ3) is 3.78. The maximum atomic E-state index is 12.1. The fourth-order valence-corrected chi connectivity index (χ4v) is 2.79. The number of aromatic nitrogens is 4. The maximum Gasteiger partial charge on any atom is 0.253 e. The molecule has 0 fully saturated rings. The van der Waals surface area contributed by atoms with Crippen LogP contribution in [0.25, 0.3) is 22.6 Å². The minimum atomic E-state index is -0.157. The van der Waals surface area contributed by atoms with Gasteiger partial charge in [-0.1, -0.05) is 29.4 Å². The molecule has 4 aromatic rings. The Hall–Kier alpha value is -3.87. The molecular weight excluding hydrogens is 354 g/mol. The molecular formula is C21H17N5O2. The monoisotopic (exact) mass is 371 g/mol. The highest BCUT2D eigenvalue weighted by Crippen LogP contribution is 2.30. The van der Waals surface area contributed by atoms with Gasteiger partial charge in [-0.15, -0.1) is 0 Å². The van der Waals surface area contributed by atoms with Gasteiger partial charge in [0.15, 0.2) is 5.76 Å². The maximum absolute atomic E-state index is 12.1. The summed E-state index contributed by atoms with van der Waals surface area (Å²) in [5.74, 6) is 0.469. The molecule has 3 aromatic heterocycles. The van der Waals surface area contributed by atoms with Crippen LogP contribution in [0.1, 0.15) is 21.6 Å². The normalized spacial score (nSPS) is 10.6. The summed E-state index contributed by atoms with van der Waals surface area (Å²) >= 11 is 0. The number of aryl methyl sites for hydroxylation is 1. The lowest BCUT2D eigenvalue weighted by molar-refractivity contribution is 0.0950. The SMILES string of the molecule is Cc1cc(-c2cncnc2-c2ccc(CNC(=O)c3cccnc3)cc2)on1. The second kappa shape index (κ2) is 7.79. The second-order valence-corrected chi connectivity index (χ2v) is 6.24. The van der Waals surface area contributed by atoms with Crippen LogP contribution in [0.4, 0.5) is 0 Å². The Morgan fingerprint density at radius 2 is 1.96 bits per heavy atom. The zero-order chi connectivity index (χ0) is 19.3. The van der Waals surface area contributed by atoms with E-state index in [0.717, 1.165) is 28.1 Å². The first-order valence-corrected chi connectivity index (χ1v) is 8.72. The number of nitrogens with one attached hydrogen (secondary N) is 1. The zero-order valence-corrected chi connectivity index (χ0v) is 15.2. The molecule has 0 radical (unpaired) electrons. The molecule has 0 aliphatic rings. The minimum Gasteiger partial charge on any atom is -0.356 e. The Balaban J connectivity index is 1.51. The molecule has 138 valence electrons. The number of nitrogens with zero attached hydrogens (tertiary/aromatic N) is 4. The number of hydrogen-bond donors (Lipinski definition) is 1. The van der Waals surface area contributed by atoms with Gasteiger partial charge in [0.2, 0.25) is 0 Å². The topological polar surface area (TPSA) is 93.8 Å². The summed E-state index contributed by atoms with van der Waals surface area (Å²) < 4.78 is 5.36. The van der Waals surface area contributed by atoms with Crippen molar-refractivity contribution in [2.75, 3.05) is 0 Å². The average Bonchev–Trinajstić information content (AvgIpc) is 3.19. The van der Waals surface area contributed by atoms with Crippen LogP contribution in [-0.2, 0) is 6.54 Å². The minimum absolute atomic E-state index is 0.157. The van der Waals surface area contributed by atoms with Crippen LogP contribution in [0, 0.1) is 6.92 Å². The van der Waals surface area contributed by atoms with E-state index >= 15 is 0 Å². The lowest BCUT2D eigenvalue weighted by atomic mass is 10.0. The number of benzene rings is 1. The van der Waals surface area contributed by atoms with Gasteiger partial charge >= 0.3 is 0 Å². The van der Waals surface area contributed by atoms with Gasteiger partial charge in [0, 0.05) is 36.8 Å². The van der Waals surface area contributed by atoms with Crippen LogP contribution in [0.15, 0.2) is 71.9 Å². The van der Waals surface area contributed by atoms with E-state index in [1.54, 1.807) is 30.7 Å². The molecule has 0 unspecified atom stereocenters. The van der Waals surface area contributed by atoms with Crippen LogP contribution in [0.3, 0.4) is 0 Å². The van der Waals surface area contributed by atoms with E-state index in [0.29, 0.717) is 17.9 Å². The Labute approximate surface area is 161 Å².